The number of nitrogens with one attached hydrogen (secondary N) is 1. The molecule has 0 heterocycles. The summed E-state index contributed by atoms with van der Waals surface area (Å²) in [6.07, 6.45) is 0.721. The zero-order valence-electron chi connectivity index (χ0n) is 12.9. The molecule has 1 rings (SSSR count). The van der Waals surface area contributed by atoms with Crippen molar-refractivity contribution in [3.8, 4) is 0 Å². The van der Waals surface area contributed by atoms with Crippen LogP contribution in [-0.4, -0.2) is 19.1 Å². The summed E-state index contributed by atoms with van der Waals surface area (Å²) in [6, 6.07) is 6.36. The third-order valence-electron chi connectivity index (χ3n) is 2.77. The molecule has 0 amide bonds. The lowest BCUT2D eigenvalue weighted by atomic mass is 9.82. The van der Waals surface area contributed by atoms with Gasteiger partial charge in [-0.2, -0.15) is 0 Å². The molecule has 114 valence electrons. The van der Waals surface area contributed by atoms with E-state index >= 15 is 0 Å². The summed E-state index contributed by atoms with van der Waals surface area (Å²) < 4.78 is 27.6. The number of rotatable bonds is 5. The fourth-order valence-corrected chi connectivity index (χ4v) is 4.08. The first-order valence-electron chi connectivity index (χ1n) is 6.69. The van der Waals surface area contributed by atoms with Crippen molar-refractivity contribution in [3.05, 3.63) is 29.8 Å². The lowest BCUT2D eigenvalue weighted by Gasteiger charge is -2.33. The Morgan fingerprint density at radius 2 is 1.75 bits per heavy atom. The standard InChI is InChI=1S/C15H25NO3S/c1-14(2,3)11-15(4,5)16-20(18,19)13-8-6-7-12(9-13)10-17/h6-9,16-17H,10-11H2,1-5H3. The van der Waals surface area contributed by atoms with E-state index in [9.17, 15) is 8.42 Å². The molecule has 0 atom stereocenters. The molecule has 1 aromatic carbocycles. The summed E-state index contributed by atoms with van der Waals surface area (Å²) in [5, 5.41) is 9.10. The van der Waals surface area contributed by atoms with Gasteiger partial charge in [-0.25, -0.2) is 13.1 Å². The predicted molar refractivity (Wildman–Crippen MR) is 80.8 cm³/mol. The van der Waals surface area contributed by atoms with Crippen LogP contribution in [-0.2, 0) is 16.6 Å². The van der Waals surface area contributed by atoms with Crippen molar-refractivity contribution in [3.63, 3.8) is 0 Å². The number of sulfonamides is 1. The fraction of sp³-hybridized carbons (Fsp3) is 0.600. The Bertz CT molecular complexity index is 557. The molecule has 20 heavy (non-hydrogen) atoms. The number of benzene rings is 1. The van der Waals surface area contributed by atoms with Crippen LogP contribution >= 0.6 is 0 Å². The highest BCUT2D eigenvalue weighted by atomic mass is 32.2. The quantitative estimate of drug-likeness (QED) is 0.878. The third-order valence-corrected chi connectivity index (χ3v) is 4.47. The molecule has 1 aromatic rings. The molecule has 0 fully saturated rings. The van der Waals surface area contributed by atoms with Crippen molar-refractivity contribution >= 4 is 10.0 Å². The number of aliphatic hydroxyl groups excluding tert-OH is 1. The van der Waals surface area contributed by atoms with Crippen molar-refractivity contribution in [1.29, 1.82) is 0 Å². The minimum Gasteiger partial charge on any atom is -0.392 e. The van der Waals surface area contributed by atoms with Crippen LogP contribution in [0.3, 0.4) is 0 Å². The van der Waals surface area contributed by atoms with Gasteiger partial charge < -0.3 is 5.11 Å². The largest absolute Gasteiger partial charge is 0.392 e. The lowest BCUT2D eigenvalue weighted by Crippen LogP contribution is -2.45. The molecule has 0 unspecified atom stereocenters. The highest BCUT2D eigenvalue weighted by Crippen LogP contribution is 2.28. The zero-order chi connectivity index (χ0) is 15.6. The van der Waals surface area contributed by atoms with Crippen molar-refractivity contribution in [2.24, 2.45) is 5.41 Å². The SMILES string of the molecule is CC(C)(C)CC(C)(C)NS(=O)(=O)c1cccc(CO)c1. The smallest absolute Gasteiger partial charge is 0.241 e. The average molecular weight is 299 g/mol. The molecule has 0 aliphatic rings. The second kappa shape index (κ2) is 5.84. The van der Waals surface area contributed by atoms with E-state index < -0.39 is 15.6 Å². The summed E-state index contributed by atoms with van der Waals surface area (Å²) >= 11 is 0. The minimum atomic E-state index is -3.58. The molecule has 0 aliphatic carbocycles. The maximum Gasteiger partial charge on any atom is 0.241 e. The second-order valence-corrected chi connectivity index (χ2v) is 8.71. The first kappa shape index (κ1) is 17.1. The summed E-state index contributed by atoms with van der Waals surface area (Å²) in [7, 11) is -3.58. The Morgan fingerprint density at radius 3 is 2.25 bits per heavy atom. The van der Waals surface area contributed by atoms with Crippen molar-refractivity contribution < 1.29 is 13.5 Å². The topological polar surface area (TPSA) is 66.4 Å². The van der Waals surface area contributed by atoms with Gasteiger partial charge in [0.2, 0.25) is 10.0 Å². The second-order valence-electron chi connectivity index (χ2n) is 7.03. The Labute approximate surface area is 122 Å². The summed E-state index contributed by atoms with van der Waals surface area (Å²) in [5.41, 5.74) is 0.0761. The van der Waals surface area contributed by atoms with E-state index in [-0.39, 0.29) is 16.9 Å². The number of hydrogen-bond donors (Lipinski definition) is 2. The molecular weight excluding hydrogens is 274 g/mol. The Morgan fingerprint density at radius 1 is 1.15 bits per heavy atom. The van der Waals surface area contributed by atoms with Gasteiger partial charge in [0.1, 0.15) is 0 Å². The van der Waals surface area contributed by atoms with Crippen LogP contribution in [0.5, 0.6) is 0 Å². The van der Waals surface area contributed by atoms with Gasteiger partial charge in [0.05, 0.1) is 11.5 Å². The highest BCUT2D eigenvalue weighted by Gasteiger charge is 2.30. The van der Waals surface area contributed by atoms with Gasteiger partial charge in [-0.3, -0.25) is 0 Å². The number of aliphatic hydroxyl groups is 1. The predicted octanol–water partition coefficient (Wildman–Crippen LogP) is 2.67. The number of hydrogen-bond acceptors (Lipinski definition) is 3. The molecule has 0 radical (unpaired) electrons. The molecule has 0 bridgehead atoms. The van der Waals surface area contributed by atoms with Gasteiger partial charge in [0.15, 0.2) is 0 Å². The molecule has 0 spiro atoms. The van der Waals surface area contributed by atoms with E-state index in [1.807, 2.05) is 13.8 Å². The molecule has 0 saturated carbocycles. The van der Waals surface area contributed by atoms with Crippen LogP contribution < -0.4 is 4.72 Å². The molecule has 5 heteroatoms. The molecule has 2 N–H and O–H groups in total. The van der Waals surface area contributed by atoms with E-state index in [0.29, 0.717) is 5.56 Å². The van der Waals surface area contributed by atoms with Crippen molar-refractivity contribution in [1.82, 2.24) is 4.72 Å². The van der Waals surface area contributed by atoms with Crippen LogP contribution in [0.2, 0.25) is 0 Å². The average Bonchev–Trinajstić information content (AvgIpc) is 2.24. The van der Waals surface area contributed by atoms with Crippen LogP contribution in [0.4, 0.5) is 0 Å². The van der Waals surface area contributed by atoms with Crippen molar-refractivity contribution in [2.75, 3.05) is 0 Å². The zero-order valence-corrected chi connectivity index (χ0v) is 13.7. The molecule has 4 nitrogen and oxygen atoms in total. The molecule has 0 aliphatic heterocycles. The van der Waals surface area contributed by atoms with Gasteiger partial charge >= 0.3 is 0 Å². The van der Waals surface area contributed by atoms with E-state index in [0.717, 1.165) is 6.42 Å². The van der Waals surface area contributed by atoms with E-state index in [1.54, 1.807) is 12.1 Å². The van der Waals surface area contributed by atoms with Gasteiger partial charge in [-0.05, 0) is 43.4 Å². The fourth-order valence-electron chi connectivity index (χ4n) is 2.60. The van der Waals surface area contributed by atoms with Crippen LogP contribution in [0, 0.1) is 5.41 Å². The Kier molecular flexibility index (Phi) is 5.00. The summed E-state index contributed by atoms with van der Waals surface area (Å²) in [4.78, 5) is 0.186. The molecule has 0 aromatic heterocycles. The first-order valence-corrected chi connectivity index (χ1v) is 8.17. The van der Waals surface area contributed by atoms with Gasteiger partial charge in [0, 0.05) is 5.54 Å². The normalized spacial score (nSPS) is 13.5. The molecular formula is C15H25NO3S. The van der Waals surface area contributed by atoms with E-state index in [2.05, 4.69) is 25.5 Å². The Hall–Kier alpha value is -0.910. The maximum atomic E-state index is 12.4. The Balaban J connectivity index is 2.99. The highest BCUT2D eigenvalue weighted by molar-refractivity contribution is 7.89. The third kappa shape index (κ3) is 5.23. The molecule has 0 saturated heterocycles. The van der Waals surface area contributed by atoms with Crippen LogP contribution in [0.1, 0.15) is 46.6 Å². The van der Waals surface area contributed by atoms with Gasteiger partial charge in [-0.1, -0.05) is 32.9 Å². The van der Waals surface area contributed by atoms with Crippen LogP contribution in [0.15, 0.2) is 29.2 Å². The van der Waals surface area contributed by atoms with E-state index in [1.165, 1.54) is 12.1 Å². The summed E-state index contributed by atoms with van der Waals surface area (Å²) in [5.74, 6) is 0. The minimum absolute atomic E-state index is 0.0268. The van der Waals surface area contributed by atoms with Crippen molar-refractivity contribution in [2.45, 2.75) is 58.1 Å². The monoisotopic (exact) mass is 299 g/mol. The van der Waals surface area contributed by atoms with Gasteiger partial charge in [-0.15, -0.1) is 0 Å². The maximum absolute atomic E-state index is 12.4. The lowest BCUT2D eigenvalue weighted by molar-refractivity contribution is 0.269. The first-order chi connectivity index (χ1) is 8.95. The van der Waals surface area contributed by atoms with E-state index in [4.69, 9.17) is 5.11 Å². The van der Waals surface area contributed by atoms with Crippen LogP contribution in [0.25, 0.3) is 0 Å². The van der Waals surface area contributed by atoms with Gasteiger partial charge in [0.25, 0.3) is 0 Å². The summed E-state index contributed by atoms with van der Waals surface area (Å²) in [6.45, 7) is 9.83.